The summed E-state index contributed by atoms with van der Waals surface area (Å²) in [6, 6.07) is 13.2. The highest BCUT2D eigenvalue weighted by atomic mass is 35.5. The fourth-order valence-electron chi connectivity index (χ4n) is 3.76. The smallest absolute Gasteiger partial charge is 0.223 e. The van der Waals surface area contributed by atoms with Crippen molar-refractivity contribution in [1.82, 2.24) is 15.5 Å². The summed E-state index contributed by atoms with van der Waals surface area (Å²) in [4.78, 5) is 14.8. The van der Waals surface area contributed by atoms with Crippen LogP contribution >= 0.6 is 11.6 Å². The van der Waals surface area contributed by atoms with Gasteiger partial charge in [0.25, 0.3) is 0 Å². The minimum atomic E-state index is -0.174. The van der Waals surface area contributed by atoms with E-state index in [1.165, 1.54) is 5.56 Å². The summed E-state index contributed by atoms with van der Waals surface area (Å²) in [5.74, 6) is 0.285. The van der Waals surface area contributed by atoms with E-state index < -0.39 is 0 Å². The van der Waals surface area contributed by atoms with Crippen LogP contribution in [0.1, 0.15) is 43.9 Å². The molecule has 4 N–H and O–H groups in total. The predicted octanol–water partition coefficient (Wildman–Crippen LogP) is 3.77. The van der Waals surface area contributed by atoms with Gasteiger partial charge in [-0.1, -0.05) is 50.6 Å². The number of carbonyl (C=O) groups excluding carboxylic acids is 1. The number of halogens is 1. The third kappa shape index (κ3) is 10.9. The molecule has 6 nitrogen and oxygen atoms in total. The molecule has 0 spiro atoms. The van der Waals surface area contributed by atoms with Crippen LogP contribution in [-0.4, -0.2) is 60.3 Å². The Balaban J connectivity index is 1.71. The maximum Gasteiger partial charge on any atom is 0.223 e. The summed E-state index contributed by atoms with van der Waals surface area (Å²) in [7, 11) is 0. The number of rotatable bonds is 14. The monoisotopic (exact) mass is 489 g/mol. The van der Waals surface area contributed by atoms with Gasteiger partial charge in [0.2, 0.25) is 5.91 Å². The van der Waals surface area contributed by atoms with Crippen molar-refractivity contribution < 1.29 is 15.0 Å². The van der Waals surface area contributed by atoms with Crippen molar-refractivity contribution in [3.63, 3.8) is 0 Å². The Morgan fingerprint density at radius 3 is 2.29 bits per heavy atom. The van der Waals surface area contributed by atoms with Crippen LogP contribution in [-0.2, 0) is 24.2 Å². The highest BCUT2D eigenvalue weighted by Gasteiger charge is 2.20. The van der Waals surface area contributed by atoms with Gasteiger partial charge in [0.05, 0.1) is 6.61 Å². The van der Waals surface area contributed by atoms with Gasteiger partial charge in [0.15, 0.2) is 0 Å². The molecule has 0 aliphatic heterocycles. The molecule has 0 aliphatic rings. The van der Waals surface area contributed by atoms with Crippen LogP contribution in [0.3, 0.4) is 0 Å². The average Bonchev–Trinajstić information content (AvgIpc) is 2.78. The molecule has 0 aromatic heterocycles. The van der Waals surface area contributed by atoms with E-state index in [4.69, 9.17) is 11.6 Å². The van der Waals surface area contributed by atoms with Crippen LogP contribution in [0.2, 0.25) is 5.02 Å². The van der Waals surface area contributed by atoms with Crippen molar-refractivity contribution in [3.8, 4) is 5.75 Å². The first-order valence-corrected chi connectivity index (χ1v) is 12.4. The normalized spacial score (nSPS) is 11.6. The van der Waals surface area contributed by atoms with Gasteiger partial charge in [0.1, 0.15) is 5.75 Å². The average molecular weight is 490 g/mol. The van der Waals surface area contributed by atoms with Crippen LogP contribution in [0.4, 0.5) is 0 Å². The molecule has 0 radical (unpaired) electrons. The summed E-state index contributed by atoms with van der Waals surface area (Å²) in [5.41, 5.74) is 2.82. The Morgan fingerprint density at radius 2 is 1.65 bits per heavy atom. The summed E-state index contributed by atoms with van der Waals surface area (Å²) >= 11 is 6.03. The maximum absolute atomic E-state index is 12.9. The third-order valence-corrected chi connectivity index (χ3v) is 5.71. The van der Waals surface area contributed by atoms with E-state index in [0.29, 0.717) is 31.6 Å². The molecular weight excluding hydrogens is 450 g/mol. The van der Waals surface area contributed by atoms with Crippen LogP contribution in [0, 0.1) is 5.41 Å². The zero-order valence-corrected chi connectivity index (χ0v) is 21.5. The van der Waals surface area contributed by atoms with Crippen molar-refractivity contribution >= 4 is 17.5 Å². The van der Waals surface area contributed by atoms with Crippen molar-refractivity contribution in [1.29, 1.82) is 0 Å². The lowest BCUT2D eigenvalue weighted by molar-refractivity contribution is -0.132. The van der Waals surface area contributed by atoms with Crippen molar-refractivity contribution in [2.24, 2.45) is 5.41 Å². The Bertz CT molecular complexity index is 899. The maximum atomic E-state index is 12.9. The van der Waals surface area contributed by atoms with E-state index in [2.05, 4.69) is 37.5 Å². The number of carbonyl (C=O) groups is 1. The van der Waals surface area contributed by atoms with E-state index >= 15 is 0 Å². The number of hydrogen-bond donors (Lipinski definition) is 4. The highest BCUT2D eigenvalue weighted by molar-refractivity contribution is 6.30. The molecular formula is C27H40ClN3O3. The summed E-state index contributed by atoms with van der Waals surface area (Å²) in [5, 5.41) is 26.5. The van der Waals surface area contributed by atoms with Gasteiger partial charge in [-0.2, -0.15) is 0 Å². The molecule has 0 heterocycles. The third-order valence-electron chi connectivity index (χ3n) is 5.48. The van der Waals surface area contributed by atoms with E-state index in [0.717, 1.165) is 43.1 Å². The molecule has 0 unspecified atom stereocenters. The fraction of sp³-hybridized carbons (Fsp3) is 0.519. The molecule has 0 atom stereocenters. The summed E-state index contributed by atoms with van der Waals surface area (Å²) in [6.45, 7) is 10.6. The first-order valence-electron chi connectivity index (χ1n) is 12.0. The summed E-state index contributed by atoms with van der Waals surface area (Å²) in [6.07, 6.45) is 2.14. The number of aromatic hydroxyl groups is 1. The van der Waals surface area contributed by atoms with Crippen LogP contribution < -0.4 is 10.6 Å². The van der Waals surface area contributed by atoms with Crippen LogP contribution in [0.15, 0.2) is 42.5 Å². The van der Waals surface area contributed by atoms with E-state index in [1.54, 1.807) is 6.07 Å². The number of amides is 1. The number of nitrogens with one attached hydrogen (secondary N) is 2. The minimum absolute atomic E-state index is 0.0302. The lowest BCUT2D eigenvalue weighted by atomic mass is 9.96. The Kier molecular flexibility index (Phi) is 11.8. The zero-order chi connectivity index (χ0) is 25.0. The second kappa shape index (κ2) is 14.3. The Hall–Kier alpha value is -2.12. The fourth-order valence-corrected chi connectivity index (χ4v) is 3.97. The van der Waals surface area contributed by atoms with Gasteiger partial charge < -0.3 is 25.7 Å². The van der Waals surface area contributed by atoms with E-state index in [9.17, 15) is 15.0 Å². The van der Waals surface area contributed by atoms with E-state index in [-0.39, 0.29) is 23.7 Å². The second-order valence-electron chi connectivity index (χ2n) is 9.88. The van der Waals surface area contributed by atoms with Gasteiger partial charge in [-0.15, -0.1) is 0 Å². The molecule has 188 valence electrons. The number of nitrogens with zero attached hydrogens (tertiary/aromatic N) is 1. The summed E-state index contributed by atoms with van der Waals surface area (Å²) < 4.78 is 0. The van der Waals surface area contributed by atoms with Crippen molar-refractivity contribution in [2.45, 2.75) is 46.6 Å². The standard InChI is InChI=1S/C27H40ClN3O3/c1-27(2,3)20-31(16-15-30-13-10-22-7-8-25(33)23(17-22)19-32)26(34)11-14-29-12-9-21-5-4-6-24(28)18-21/h4-8,17-18,29-30,32-33H,9-16,19-20H2,1-3H3. The molecule has 0 bridgehead atoms. The SMILES string of the molecule is CC(C)(C)CN(CCNCCc1ccc(O)c(CO)c1)C(=O)CCNCCc1cccc(Cl)c1. The Labute approximate surface area is 209 Å². The quantitative estimate of drug-likeness (QED) is 0.304. The van der Waals surface area contributed by atoms with E-state index in [1.807, 2.05) is 35.2 Å². The first-order chi connectivity index (χ1) is 16.2. The largest absolute Gasteiger partial charge is 0.508 e. The Morgan fingerprint density at radius 1 is 0.971 bits per heavy atom. The molecule has 2 aromatic rings. The molecule has 0 aliphatic carbocycles. The van der Waals surface area contributed by atoms with Crippen molar-refractivity contribution in [3.05, 3.63) is 64.2 Å². The minimum Gasteiger partial charge on any atom is -0.508 e. The molecule has 0 fully saturated rings. The van der Waals surface area contributed by atoms with Crippen LogP contribution in [0.5, 0.6) is 5.75 Å². The first kappa shape index (κ1) is 28.1. The number of hydrogen-bond acceptors (Lipinski definition) is 5. The van der Waals surface area contributed by atoms with Gasteiger partial charge in [-0.25, -0.2) is 0 Å². The van der Waals surface area contributed by atoms with Gasteiger partial charge in [0, 0.05) is 43.2 Å². The lowest BCUT2D eigenvalue weighted by Crippen LogP contribution is -2.42. The zero-order valence-electron chi connectivity index (χ0n) is 20.7. The van der Waals surface area contributed by atoms with Gasteiger partial charge in [-0.3, -0.25) is 4.79 Å². The van der Waals surface area contributed by atoms with Gasteiger partial charge in [-0.05, 0) is 66.7 Å². The number of aliphatic hydroxyl groups is 1. The van der Waals surface area contributed by atoms with Crippen molar-refractivity contribution in [2.75, 3.05) is 39.3 Å². The molecule has 0 saturated carbocycles. The molecule has 1 amide bonds. The predicted molar refractivity (Wildman–Crippen MR) is 139 cm³/mol. The molecule has 0 saturated heterocycles. The number of aliphatic hydroxyl groups excluding tert-OH is 1. The lowest BCUT2D eigenvalue weighted by Gasteiger charge is -2.30. The van der Waals surface area contributed by atoms with Crippen LogP contribution in [0.25, 0.3) is 0 Å². The molecule has 34 heavy (non-hydrogen) atoms. The topological polar surface area (TPSA) is 84.8 Å². The molecule has 2 rings (SSSR count). The number of phenols is 1. The van der Waals surface area contributed by atoms with Gasteiger partial charge >= 0.3 is 0 Å². The number of benzene rings is 2. The molecule has 7 heteroatoms. The highest BCUT2D eigenvalue weighted by Crippen LogP contribution is 2.18. The molecule has 2 aromatic carbocycles. The second-order valence-corrected chi connectivity index (χ2v) is 10.3.